The second kappa shape index (κ2) is 5.33. The maximum atomic E-state index is 5.94. The summed E-state index contributed by atoms with van der Waals surface area (Å²) in [5.41, 5.74) is 0.907. The van der Waals surface area contributed by atoms with Gasteiger partial charge in [0, 0.05) is 19.3 Å². The number of pyridine rings is 1. The predicted octanol–water partition coefficient (Wildman–Crippen LogP) is 2.57. The lowest BCUT2D eigenvalue weighted by Gasteiger charge is -2.22. The molecule has 0 radical (unpaired) electrons. The zero-order chi connectivity index (χ0) is 10.5. The molecule has 1 aliphatic heterocycles. The number of rotatable bonds is 3. The van der Waals surface area contributed by atoms with E-state index in [1.807, 2.05) is 12.1 Å². The SMILES string of the molecule is Clc1ncccc1NCC1CCCOC1. The van der Waals surface area contributed by atoms with Crippen molar-refractivity contribution in [1.29, 1.82) is 0 Å². The topological polar surface area (TPSA) is 34.2 Å². The molecule has 0 bridgehead atoms. The highest BCUT2D eigenvalue weighted by atomic mass is 35.5. The minimum atomic E-state index is 0.536. The predicted molar refractivity (Wildman–Crippen MR) is 61.3 cm³/mol. The summed E-state index contributed by atoms with van der Waals surface area (Å²) in [4.78, 5) is 4.01. The molecule has 4 heteroatoms. The van der Waals surface area contributed by atoms with Crippen LogP contribution in [0.5, 0.6) is 0 Å². The molecule has 1 saturated heterocycles. The fourth-order valence-electron chi connectivity index (χ4n) is 1.74. The highest BCUT2D eigenvalue weighted by Gasteiger charge is 2.13. The van der Waals surface area contributed by atoms with E-state index < -0.39 is 0 Å². The van der Waals surface area contributed by atoms with E-state index in [9.17, 15) is 0 Å². The zero-order valence-electron chi connectivity index (χ0n) is 8.58. The Morgan fingerprint density at radius 2 is 2.53 bits per heavy atom. The van der Waals surface area contributed by atoms with E-state index in [0.29, 0.717) is 11.1 Å². The van der Waals surface area contributed by atoms with Crippen LogP contribution < -0.4 is 5.32 Å². The number of nitrogens with zero attached hydrogens (tertiary/aromatic N) is 1. The van der Waals surface area contributed by atoms with Crippen molar-refractivity contribution in [3.8, 4) is 0 Å². The van der Waals surface area contributed by atoms with E-state index in [1.165, 1.54) is 6.42 Å². The second-order valence-corrected chi connectivity index (χ2v) is 4.16. The molecular weight excluding hydrogens is 212 g/mol. The van der Waals surface area contributed by atoms with Crippen LogP contribution in [0.2, 0.25) is 5.15 Å². The molecule has 0 aliphatic carbocycles. The van der Waals surface area contributed by atoms with Crippen LogP contribution in [-0.2, 0) is 4.74 Å². The molecule has 1 aromatic heterocycles. The lowest BCUT2D eigenvalue weighted by molar-refractivity contribution is 0.0595. The van der Waals surface area contributed by atoms with Gasteiger partial charge in [-0.2, -0.15) is 0 Å². The van der Waals surface area contributed by atoms with Crippen molar-refractivity contribution in [3.63, 3.8) is 0 Å². The van der Waals surface area contributed by atoms with E-state index >= 15 is 0 Å². The smallest absolute Gasteiger partial charge is 0.152 e. The Hall–Kier alpha value is -0.800. The van der Waals surface area contributed by atoms with E-state index in [4.69, 9.17) is 16.3 Å². The highest BCUT2D eigenvalue weighted by Crippen LogP contribution is 2.19. The third kappa shape index (κ3) is 3.08. The van der Waals surface area contributed by atoms with E-state index in [-0.39, 0.29) is 0 Å². The summed E-state index contributed by atoms with van der Waals surface area (Å²) in [5.74, 6) is 0.593. The Balaban J connectivity index is 1.84. The summed E-state index contributed by atoms with van der Waals surface area (Å²) in [7, 11) is 0. The van der Waals surface area contributed by atoms with Gasteiger partial charge in [0.05, 0.1) is 12.3 Å². The van der Waals surface area contributed by atoms with E-state index in [2.05, 4.69) is 10.3 Å². The normalized spacial score (nSPS) is 21.3. The lowest BCUT2D eigenvalue weighted by Crippen LogP contribution is -2.24. The van der Waals surface area contributed by atoms with Gasteiger partial charge in [0.2, 0.25) is 0 Å². The Bertz CT molecular complexity index is 313. The molecule has 1 fully saturated rings. The largest absolute Gasteiger partial charge is 0.382 e. The average Bonchev–Trinajstić information content (AvgIpc) is 2.29. The Kier molecular flexibility index (Phi) is 3.80. The maximum Gasteiger partial charge on any atom is 0.152 e. The first-order valence-corrected chi connectivity index (χ1v) is 5.66. The minimum Gasteiger partial charge on any atom is -0.382 e. The highest BCUT2D eigenvalue weighted by molar-refractivity contribution is 6.31. The van der Waals surface area contributed by atoms with Gasteiger partial charge in [0.1, 0.15) is 0 Å². The molecule has 1 unspecified atom stereocenters. The number of halogens is 1. The van der Waals surface area contributed by atoms with Gasteiger partial charge in [-0.05, 0) is 30.9 Å². The summed E-state index contributed by atoms with van der Waals surface area (Å²) in [6.45, 7) is 2.67. The Morgan fingerprint density at radius 3 is 3.27 bits per heavy atom. The molecule has 1 atom stereocenters. The molecule has 1 aliphatic rings. The fourth-order valence-corrected chi connectivity index (χ4v) is 1.93. The third-order valence-electron chi connectivity index (χ3n) is 2.59. The number of hydrogen-bond donors (Lipinski definition) is 1. The molecule has 0 aromatic carbocycles. The molecule has 0 spiro atoms. The van der Waals surface area contributed by atoms with Gasteiger partial charge in [-0.1, -0.05) is 11.6 Å². The average molecular weight is 227 g/mol. The summed E-state index contributed by atoms with van der Waals surface area (Å²) in [6.07, 6.45) is 4.08. The quantitative estimate of drug-likeness (QED) is 0.805. The van der Waals surface area contributed by atoms with Crippen molar-refractivity contribution in [3.05, 3.63) is 23.5 Å². The van der Waals surface area contributed by atoms with Crippen LogP contribution in [0.3, 0.4) is 0 Å². The number of hydrogen-bond acceptors (Lipinski definition) is 3. The zero-order valence-corrected chi connectivity index (χ0v) is 9.33. The van der Waals surface area contributed by atoms with Crippen molar-refractivity contribution in [2.45, 2.75) is 12.8 Å². The molecule has 3 nitrogen and oxygen atoms in total. The van der Waals surface area contributed by atoms with E-state index in [0.717, 1.165) is 31.9 Å². The summed E-state index contributed by atoms with van der Waals surface area (Å²) < 4.78 is 5.41. The Morgan fingerprint density at radius 1 is 1.60 bits per heavy atom. The molecular formula is C11H15ClN2O. The van der Waals surface area contributed by atoms with Crippen LogP contribution in [0, 0.1) is 5.92 Å². The van der Waals surface area contributed by atoms with Gasteiger partial charge in [-0.15, -0.1) is 0 Å². The number of aromatic nitrogens is 1. The maximum absolute atomic E-state index is 5.94. The molecule has 82 valence electrons. The van der Waals surface area contributed by atoms with Crippen LogP contribution in [-0.4, -0.2) is 24.7 Å². The molecule has 0 amide bonds. The van der Waals surface area contributed by atoms with Gasteiger partial charge in [0.15, 0.2) is 5.15 Å². The van der Waals surface area contributed by atoms with Gasteiger partial charge in [-0.25, -0.2) is 4.98 Å². The van der Waals surface area contributed by atoms with Crippen LogP contribution >= 0.6 is 11.6 Å². The standard InChI is InChI=1S/C11H15ClN2O/c12-11-10(4-1-5-13-11)14-7-9-3-2-6-15-8-9/h1,4-5,9,14H,2-3,6-8H2. The number of ether oxygens (including phenoxy) is 1. The van der Waals surface area contributed by atoms with Crippen LogP contribution in [0.25, 0.3) is 0 Å². The number of nitrogens with one attached hydrogen (secondary N) is 1. The van der Waals surface area contributed by atoms with Gasteiger partial charge < -0.3 is 10.1 Å². The molecule has 1 aromatic rings. The summed E-state index contributed by atoms with van der Waals surface area (Å²) in [6, 6.07) is 3.82. The lowest BCUT2D eigenvalue weighted by atomic mass is 10.0. The molecule has 2 rings (SSSR count). The van der Waals surface area contributed by atoms with Gasteiger partial charge in [0.25, 0.3) is 0 Å². The Labute approximate surface area is 94.8 Å². The van der Waals surface area contributed by atoms with Gasteiger partial charge in [-0.3, -0.25) is 0 Å². The first-order valence-electron chi connectivity index (χ1n) is 5.28. The van der Waals surface area contributed by atoms with Crippen LogP contribution in [0.4, 0.5) is 5.69 Å². The first-order chi connectivity index (χ1) is 7.36. The van der Waals surface area contributed by atoms with Crippen molar-refractivity contribution < 1.29 is 4.74 Å². The summed E-state index contributed by atoms with van der Waals surface area (Å²) in [5, 5.41) is 3.84. The first kappa shape index (κ1) is 10.7. The fraction of sp³-hybridized carbons (Fsp3) is 0.545. The summed E-state index contributed by atoms with van der Waals surface area (Å²) >= 11 is 5.94. The van der Waals surface area contributed by atoms with Crippen molar-refractivity contribution in [1.82, 2.24) is 4.98 Å². The minimum absolute atomic E-state index is 0.536. The van der Waals surface area contributed by atoms with Gasteiger partial charge >= 0.3 is 0 Å². The van der Waals surface area contributed by atoms with E-state index in [1.54, 1.807) is 6.20 Å². The third-order valence-corrected chi connectivity index (χ3v) is 2.90. The molecule has 2 heterocycles. The van der Waals surface area contributed by atoms with Crippen LogP contribution in [0.15, 0.2) is 18.3 Å². The molecule has 0 saturated carbocycles. The second-order valence-electron chi connectivity index (χ2n) is 3.81. The van der Waals surface area contributed by atoms with Crippen molar-refractivity contribution in [2.24, 2.45) is 5.92 Å². The van der Waals surface area contributed by atoms with Crippen LogP contribution in [0.1, 0.15) is 12.8 Å². The molecule has 15 heavy (non-hydrogen) atoms. The monoisotopic (exact) mass is 226 g/mol. The number of anilines is 1. The van der Waals surface area contributed by atoms with Crippen molar-refractivity contribution >= 4 is 17.3 Å². The van der Waals surface area contributed by atoms with Crippen molar-refractivity contribution in [2.75, 3.05) is 25.1 Å². The molecule has 1 N–H and O–H groups in total.